The minimum absolute atomic E-state index is 0.000602. The fourth-order valence-corrected chi connectivity index (χ4v) is 0.944. The lowest BCUT2D eigenvalue weighted by molar-refractivity contribution is 0.0521. The molecule has 0 fully saturated rings. The van der Waals surface area contributed by atoms with E-state index in [2.05, 4.69) is 19.2 Å². The van der Waals surface area contributed by atoms with Gasteiger partial charge >= 0.3 is 11.9 Å². The normalized spacial score (nSPS) is 9.64. The summed E-state index contributed by atoms with van der Waals surface area (Å²) in [6.07, 6.45) is 0. The third-order valence-corrected chi connectivity index (χ3v) is 1.62. The van der Waals surface area contributed by atoms with Crippen molar-refractivity contribution in [3.63, 3.8) is 0 Å². The molecule has 0 radical (unpaired) electrons. The zero-order valence-electron chi connectivity index (χ0n) is 7.99. The molecule has 6 heteroatoms. The highest BCUT2D eigenvalue weighted by Crippen LogP contribution is 2.15. The summed E-state index contributed by atoms with van der Waals surface area (Å²) < 4.78 is 13.5. The number of rotatable bonds is 2. The van der Waals surface area contributed by atoms with Gasteiger partial charge < -0.3 is 14.0 Å². The number of esters is 2. The van der Waals surface area contributed by atoms with E-state index in [4.69, 9.17) is 0 Å². The molecule has 1 rings (SSSR count). The lowest BCUT2D eigenvalue weighted by Crippen LogP contribution is -2.10. The summed E-state index contributed by atoms with van der Waals surface area (Å²) in [5.41, 5.74) is 0.289. The van der Waals surface area contributed by atoms with Crippen molar-refractivity contribution in [2.45, 2.75) is 6.92 Å². The van der Waals surface area contributed by atoms with Crippen LogP contribution in [0.5, 0.6) is 0 Å². The van der Waals surface area contributed by atoms with Crippen LogP contribution in [-0.4, -0.2) is 31.3 Å². The average molecular weight is 199 g/mol. The molecule has 0 N–H and O–H groups in total. The van der Waals surface area contributed by atoms with Crippen molar-refractivity contribution in [2.75, 3.05) is 14.2 Å². The van der Waals surface area contributed by atoms with Gasteiger partial charge in [-0.05, 0) is 6.92 Å². The standard InChI is InChI=1S/C8H9NO5/c1-4-5(7(10)12-2)6(14-9-4)8(11)13-3/h1-3H3. The highest BCUT2D eigenvalue weighted by Gasteiger charge is 2.26. The maximum atomic E-state index is 11.2. The molecular weight excluding hydrogens is 190 g/mol. The Morgan fingerprint density at radius 2 is 1.79 bits per heavy atom. The van der Waals surface area contributed by atoms with Crippen molar-refractivity contribution in [1.82, 2.24) is 5.16 Å². The molecule has 0 aromatic carbocycles. The number of methoxy groups -OCH3 is 2. The fourth-order valence-electron chi connectivity index (χ4n) is 0.944. The third kappa shape index (κ3) is 1.59. The summed E-state index contributed by atoms with van der Waals surface area (Å²) >= 11 is 0. The number of aromatic nitrogens is 1. The van der Waals surface area contributed by atoms with Crippen LogP contribution >= 0.6 is 0 Å². The maximum Gasteiger partial charge on any atom is 0.377 e. The van der Waals surface area contributed by atoms with Crippen LogP contribution in [0.2, 0.25) is 0 Å². The van der Waals surface area contributed by atoms with Gasteiger partial charge in [-0.3, -0.25) is 0 Å². The van der Waals surface area contributed by atoms with E-state index < -0.39 is 11.9 Å². The Hall–Kier alpha value is -1.85. The average Bonchev–Trinajstić information content (AvgIpc) is 2.58. The Morgan fingerprint density at radius 3 is 2.29 bits per heavy atom. The molecule has 0 unspecified atom stereocenters. The molecule has 0 atom stereocenters. The van der Waals surface area contributed by atoms with Gasteiger partial charge in [-0.1, -0.05) is 5.16 Å². The second kappa shape index (κ2) is 3.91. The van der Waals surface area contributed by atoms with E-state index in [0.29, 0.717) is 0 Å². The lowest BCUT2D eigenvalue weighted by atomic mass is 10.2. The van der Waals surface area contributed by atoms with Crippen LogP contribution in [0.3, 0.4) is 0 Å². The summed E-state index contributed by atoms with van der Waals surface area (Å²) in [7, 11) is 2.39. The minimum Gasteiger partial charge on any atom is -0.465 e. The van der Waals surface area contributed by atoms with Crippen molar-refractivity contribution in [3.05, 3.63) is 17.0 Å². The van der Waals surface area contributed by atoms with Crippen molar-refractivity contribution in [1.29, 1.82) is 0 Å². The molecule has 0 saturated heterocycles. The summed E-state index contributed by atoms with van der Waals surface area (Å²) in [5, 5.41) is 3.48. The molecule has 1 aromatic rings. The molecule has 0 aliphatic rings. The lowest BCUT2D eigenvalue weighted by Gasteiger charge is -1.97. The Morgan fingerprint density at radius 1 is 1.21 bits per heavy atom. The van der Waals surface area contributed by atoms with E-state index >= 15 is 0 Å². The minimum atomic E-state index is -0.758. The Balaban J connectivity index is 3.19. The van der Waals surface area contributed by atoms with E-state index in [-0.39, 0.29) is 17.0 Å². The zero-order chi connectivity index (χ0) is 10.7. The van der Waals surface area contributed by atoms with Gasteiger partial charge in [-0.2, -0.15) is 0 Å². The molecule has 0 aliphatic heterocycles. The van der Waals surface area contributed by atoms with Crippen molar-refractivity contribution in [3.8, 4) is 0 Å². The van der Waals surface area contributed by atoms with Crippen molar-refractivity contribution < 1.29 is 23.6 Å². The summed E-state index contributed by atoms with van der Waals surface area (Å²) in [6, 6.07) is 0. The van der Waals surface area contributed by atoms with E-state index in [1.807, 2.05) is 0 Å². The predicted octanol–water partition coefficient (Wildman–Crippen LogP) is 0.556. The highest BCUT2D eigenvalue weighted by atomic mass is 16.6. The van der Waals surface area contributed by atoms with Crippen LogP contribution in [0.1, 0.15) is 26.6 Å². The van der Waals surface area contributed by atoms with E-state index in [0.717, 1.165) is 0 Å². The summed E-state index contributed by atoms with van der Waals surface area (Å²) in [5.74, 6) is -1.67. The van der Waals surface area contributed by atoms with Gasteiger partial charge in [0, 0.05) is 0 Å². The SMILES string of the molecule is COC(=O)c1onc(C)c1C(=O)OC. The molecule has 0 amide bonds. The van der Waals surface area contributed by atoms with Gasteiger partial charge in [-0.25, -0.2) is 9.59 Å². The smallest absolute Gasteiger partial charge is 0.377 e. The van der Waals surface area contributed by atoms with Crippen LogP contribution < -0.4 is 0 Å². The topological polar surface area (TPSA) is 78.6 Å². The largest absolute Gasteiger partial charge is 0.465 e. The van der Waals surface area contributed by atoms with Gasteiger partial charge in [0.1, 0.15) is 5.56 Å². The Bertz CT molecular complexity index is 368. The maximum absolute atomic E-state index is 11.2. The summed E-state index contributed by atoms with van der Waals surface area (Å²) in [6.45, 7) is 1.53. The number of nitrogens with zero attached hydrogens (tertiary/aromatic N) is 1. The van der Waals surface area contributed by atoms with Crippen molar-refractivity contribution >= 4 is 11.9 Å². The molecule has 0 aliphatic carbocycles. The molecular formula is C8H9NO5. The first-order valence-corrected chi connectivity index (χ1v) is 3.74. The quantitative estimate of drug-likeness (QED) is 0.647. The first kappa shape index (κ1) is 10.2. The van der Waals surface area contributed by atoms with Gasteiger partial charge in [-0.15, -0.1) is 0 Å². The molecule has 0 saturated carbocycles. The van der Waals surface area contributed by atoms with E-state index in [9.17, 15) is 9.59 Å². The number of ether oxygens (including phenoxy) is 2. The van der Waals surface area contributed by atoms with Gasteiger partial charge in [0.05, 0.1) is 19.9 Å². The molecule has 1 heterocycles. The van der Waals surface area contributed by atoms with E-state index in [1.165, 1.54) is 21.1 Å². The van der Waals surface area contributed by atoms with Gasteiger partial charge in [0.15, 0.2) is 0 Å². The van der Waals surface area contributed by atoms with Crippen LogP contribution in [0.4, 0.5) is 0 Å². The number of hydrogen-bond donors (Lipinski definition) is 0. The molecule has 0 bridgehead atoms. The van der Waals surface area contributed by atoms with Crippen LogP contribution in [0.15, 0.2) is 4.52 Å². The third-order valence-electron chi connectivity index (χ3n) is 1.62. The first-order chi connectivity index (χ1) is 6.61. The number of carbonyl (C=O) groups excluding carboxylic acids is 2. The van der Waals surface area contributed by atoms with Gasteiger partial charge in [0.2, 0.25) is 0 Å². The monoisotopic (exact) mass is 199 g/mol. The Labute approximate surface area is 79.8 Å². The second-order valence-electron chi connectivity index (χ2n) is 2.46. The zero-order valence-corrected chi connectivity index (χ0v) is 7.99. The Kier molecular flexibility index (Phi) is 2.85. The number of aryl methyl sites for hydroxylation is 1. The van der Waals surface area contributed by atoms with Gasteiger partial charge in [0.25, 0.3) is 5.76 Å². The summed E-state index contributed by atoms with van der Waals surface area (Å²) in [4.78, 5) is 22.3. The highest BCUT2D eigenvalue weighted by molar-refractivity contribution is 6.01. The molecule has 0 spiro atoms. The van der Waals surface area contributed by atoms with E-state index in [1.54, 1.807) is 0 Å². The fraction of sp³-hybridized carbons (Fsp3) is 0.375. The molecule has 14 heavy (non-hydrogen) atoms. The molecule has 1 aromatic heterocycles. The van der Waals surface area contributed by atoms with Crippen LogP contribution in [0.25, 0.3) is 0 Å². The first-order valence-electron chi connectivity index (χ1n) is 3.74. The van der Waals surface area contributed by atoms with Crippen molar-refractivity contribution in [2.24, 2.45) is 0 Å². The molecule has 76 valence electrons. The predicted molar refractivity (Wildman–Crippen MR) is 43.9 cm³/mol. The number of carbonyl (C=O) groups is 2. The van der Waals surface area contributed by atoms with Crippen LogP contribution in [-0.2, 0) is 9.47 Å². The van der Waals surface area contributed by atoms with Crippen LogP contribution in [0, 0.1) is 6.92 Å². The number of hydrogen-bond acceptors (Lipinski definition) is 6. The second-order valence-corrected chi connectivity index (χ2v) is 2.46. The molecule has 6 nitrogen and oxygen atoms in total.